The van der Waals surface area contributed by atoms with Crippen molar-refractivity contribution in [3.63, 3.8) is 0 Å². The first-order valence-corrected chi connectivity index (χ1v) is 9.51. The maximum Gasteiger partial charge on any atom is 0.126 e. The Kier molecular flexibility index (Phi) is 5.18. The number of aliphatic hydroxyl groups is 1. The average Bonchev–Trinajstić information content (AvgIpc) is 2.76. The van der Waals surface area contributed by atoms with Gasteiger partial charge in [-0.3, -0.25) is 0 Å². The summed E-state index contributed by atoms with van der Waals surface area (Å²) in [6, 6.07) is 24.3. The van der Waals surface area contributed by atoms with Crippen LogP contribution in [0.2, 0.25) is 0 Å². The number of rotatable bonds is 6. The van der Waals surface area contributed by atoms with Crippen molar-refractivity contribution in [3.05, 3.63) is 83.9 Å². The van der Waals surface area contributed by atoms with Gasteiger partial charge < -0.3 is 14.6 Å². The molecule has 0 saturated heterocycles. The molecule has 142 valence electrons. The number of ether oxygens (including phenoxy) is 2. The van der Waals surface area contributed by atoms with Crippen LogP contribution in [0.5, 0.6) is 11.5 Å². The summed E-state index contributed by atoms with van der Waals surface area (Å²) in [5.41, 5.74) is 2.16. The van der Waals surface area contributed by atoms with Gasteiger partial charge in [0.1, 0.15) is 11.5 Å². The lowest BCUT2D eigenvalue weighted by molar-refractivity contribution is 0.169. The Morgan fingerprint density at radius 3 is 1.86 bits per heavy atom. The summed E-state index contributed by atoms with van der Waals surface area (Å²) in [4.78, 5) is 0. The van der Waals surface area contributed by atoms with Gasteiger partial charge in [0.2, 0.25) is 0 Å². The molecular formula is C25H24O3. The molecule has 0 radical (unpaired) electrons. The summed E-state index contributed by atoms with van der Waals surface area (Å²) in [6.45, 7) is 0. The minimum Gasteiger partial charge on any atom is -0.496 e. The smallest absolute Gasteiger partial charge is 0.126 e. The second kappa shape index (κ2) is 7.91. The molecule has 0 aromatic heterocycles. The molecule has 3 heteroatoms. The van der Waals surface area contributed by atoms with E-state index in [2.05, 4.69) is 18.2 Å². The third-order valence-electron chi connectivity index (χ3n) is 5.38. The second-order valence-electron chi connectivity index (χ2n) is 6.93. The Morgan fingerprint density at radius 2 is 1.21 bits per heavy atom. The molecular weight excluding hydrogens is 348 g/mol. The number of methoxy groups -OCH3 is 2. The molecule has 28 heavy (non-hydrogen) atoms. The van der Waals surface area contributed by atoms with Gasteiger partial charge in [-0.05, 0) is 46.9 Å². The van der Waals surface area contributed by atoms with E-state index in [4.69, 9.17) is 9.47 Å². The Hall–Kier alpha value is -3.04. The SMILES string of the molecule is COc1ccc(CCC(O)c2ccc(OC)c3ccccc23)c2ccccc12. The van der Waals surface area contributed by atoms with E-state index in [1.165, 1.54) is 10.9 Å². The fourth-order valence-electron chi connectivity index (χ4n) is 3.94. The fraction of sp³-hybridized carbons (Fsp3) is 0.200. The largest absolute Gasteiger partial charge is 0.496 e. The van der Waals surface area contributed by atoms with Crippen LogP contribution in [0, 0.1) is 0 Å². The van der Waals surface area contributed by atoms with Crippen LogP contribution in [0.1, 0.15) is 23.7 Å². The van der Waals surface area contributed by atoms with Crippen molar-refractivity contribution in [2.75, 3.05) is 14.2 Å². The van der Waals surface area contributed by atoms with Crippen LogP contribution >= 0.6 is 0 Å². The number of hydrogen-bond donors (Lipinski definition) is 1. The summed E-state index contributed by atoms with van der Waals surface area (Å²) < 4.78 is 11.0. The summed E-state index contributed by atoms with van der Waals surface area (Å²) in [5.74, 6) is 1.70. The molecule has 0 fully saturated rings. The Morgan fingerprint density at radius 1 is 0.679 bits per heavy atom. The van der Waals surface area contributed by atoms with Crippen molar-refractivity contribution in [3.8, 4) is 11.5 Å². The Bertz CT molecular complexity index is 1120. The van der Waals surface area contributed by atoms with Crippen molar-refractivity contribution < 1.29 is 14.6 Å². The third kappa shape index (κ3) is 3.30. The van der Waals surface area contributed by atoms with E-state index in [1.807, 2.05) is 54.6 Å². The average molecular weight is 372 g/mol. The summed E-state index contributed by atoms with van der Waals surface area (Å²) in [7, 11) is 3.37. The molecule has 4 aromatic rings. The molecule has 0 heterocycles. The van der Waals surface area contributed by atoms with Crippen LogP contribution in [0.15, 0.2) is 72.8 Å². The van der Waals surface area contributed by atoms with Gasteiger partial charge in [-0.25, -0.2) is 0 Å². The lowest BCUT2D eigenvalue weighted by Gasteiger charge is -2.17. The molecule has 1 atom stereocenters. The lowest BCUT2D eigenvalue weighted by atomic mass is 9.94. The summed E-state index contributed by atoms with van der Waals surface area (Å²) in [6.07, 6.45) is 0.884. The van der Waals surface area contributed by atoms with E-state index < -0.39 is 6.10 Å². The van der Waals surface area contributed by atoms with E-state index >= 15 is 0 Å². The molecule has 3 nitrogen and oxygen atoms in total. The molecule has 0 saturated carbocycles. The van der Waals surface area contributed by atoms with E-state index in [9.17, 15) is 5.11 Å². The fourth-order valence-corrected chi connectivity index (χ4v) is 3.94. The molecule has 0 bridgehead atoms. The molecule has 0 aliphatic carbocycles. The quantitative estimate of drug-likeness (QED) is 0.473. The zero-order chi connectivity index (χ0) is 19.5. The minimum atomic E-state index is -0.545. The summed E-state index contributed by atoms with van der Waals surface area (Å²) >= 11 is 0. The first kappa shape index (κ1) is 18.3. The zero-order valence-electron chi connectivity index (χ0n) is 16.2. The third-order valence-corrected chi connectivity index (χ3v) is 5.38. The highest BCUT2D eigenvalue weighted by molar-refractivity contribution is 5.92. The van der Waals surface area contributed by atoms with Gasteiger partial charge in [-0.15, -0.1) is 0 Å². The van der Waals surface area contributed by atoms with Gasteiger partial charge in [0.25, 0.3) is 0 Å². The predicted octanol–water partition coefficient (Wildman–Crippen LogP) is 5.68. The van der Waals surface area contributed by atoms with Gasteiger partial charge in [-0.2, -0.15) is 0 Å². The standard InChI is InChI=1S/C25H24O3/c1-27-24-15-12-17(18-7-3-5-9-21(18)24)11-14-23(26)20-13-16-25(28-2)22-10-6-4-8-19(20)22/h3-10,12-13,15-16,23,26H,11,14H2,1-2H3. The van der Waals surface area contributed by atoms with Gasteiger partial charge in [-0.1, -0.05) is 60.7 Å². The molecule has 0 amide bonds. The van der Waals surface area contributed by atoms with Gasteiger partial charge in [0, 0.05) is 10.8 Å². The van der Waals surface area contributed by atoms with Crippen LogP contribution in [0.4, 0.5) is 0 Å². The van der Waals surface area contributed by atoms with E-state index in [0.29, 0.717) is 6.42 Å². The highest BCUT2D eigenvalue weighted by atomic mass is 16.5. The van der Waals surface area contributed by atoms with Crippen molar-refractivity contribution in [1.82, 2.24) is 0 Å². The van der Waals surface area contributed by atoms with Crippen LogP contribution in [-0.2, 0) is 6.42 Å². The highest BCUT2D eigenvalue weighted by Gasteiger charge is 2.15. The lowest BCUT2D eigenvalue weighted by Crippen LogP contribution is -2.02. The van der Waals surface area contributed by atoms with Crippen molar-refractivity contribution in [2.45, 2.75) is 18.9 Å². The topological polar surface area (TPSA) is 38.7 Å². The summed E-state index contributed by atoms with van der Waals surface area (Å²) in [5, 5.41) is 15.3. The van der Waals surface area contributed by atoms with Gasteiger partial charge in [0.15, 0.2) is 0 Å². The molecule has 1 unspecified atom stereocenters. The monoisotopic (exact) mass is 372 g/mol. The Balaban J connectivity index is 1.63. The molecule has 0 aliphatic rings. The zero-order valence-corrected chi connectivity index (χ0v) is 16.2. The maximum atomic E-state index is 11.0. The second-order valence-corrected chi connectivity index (χ2v) is 6.93. The number of aliphatic hydroxyl groups excluding tert-OH is 1. The van der Waals surface area contributed by atoms with Gasteiger partial charge >= 0.3 is 0 Å². The van der Waals surface area contributed by atoms with Gasteiger partial charge in [0.05, 0.1) is 20.3 Å². The van der Waals surface area contributed by atoms with Crippen LogP contribution < -0.4 is 9.47 Å². The maximum absolute atomic E-state index is 11.0. The number of hydrogen-bond acceptors (Lipinski definition) is 3. The minimum absolute atomic E-state index is 0.545. The molecule has 1 N–H and O–H groups in total. The number of aryl methyl sites for hydroxylation is 1. The van der Waals surface area contributed by atoms with Crippen molar-refractivity contribution in [1.29, 1.82) is 0 Å². The van der Waals surface area contributed by atoms with E-state index in [0.717, 1.165) is 39.6 Å². The van der Waals surface area contributed by atoms with E-state index in [-0.39, 0.29) is 0 Å². The molecule has 4 aromatic carbocycles. The van der Waals surface area contributed by atoms with Crippen LogP contribution in [0.3, 0.4) is 0 Å². The Labute approximate surface area is 165 Å². The first-order valence-electron chi connectivity index (χ1n) is 9.51. The number of fused-ring (bicyclic) bond motifs is 2. The normalized spacial score (nSPS) is 12.2. The van der Waals surface area contributed by atoms with Crippen LogP contribution in [-0.4, -0.2) is 19.3 Å². The molecule has 4 rings (SSSR count). The predicted molar refractivity (Wildman–Crippen MR) is 114 cm³/mol. The van der Waals surface area contributed by atoms with Crippen LogP contribution in [0.25, 0.3) is 21.5 Å². The molecule has 0 spiro atoms. The highest BCUT2D eigenvalue weighted by Crippen LogP contribution is 2.34. The first-order chi connectivity index (χ1) is 13.7. The van der Waals surface area contributed by atoms with Crippen molar-refractivity contribution in [2.24, 2.45) is 0 Å². The molecule has 0 aliphatic heterocycles. The van der Waals surface area contributed by atoms with Crippen molar-refractivity contribution >= 4 is 21.5 Å². The number of benzene rings is 4. The van der Waals surface area contributed by atoms with E-state index in [1.54, 1.807) is 14.2 Å².